The zero-order valence-electron chi connectivity index (χ0n) is 9.68. The molecule has 0 unspecified atom stereocenters. The second-order valence-corrected chi connectivity index (χ2v) is 3.77. The summed E-state index contributed by atoms with van der Waals surface area (Å²) in [7, 11) is 0. The molecule has 1 aromatic heterocycles. The molecule has 0 aliphatic heterocycles. The summed E-state index contributed by atoms with van der Waals surface area (Å²) in [6.45, 7) is -2.56. The van der Waals surface area contributed by atoms with Crippen molar-refractivity contribution in [3.8, 4) is 0 Å². The molecule has 0 radical (unpaired) electrons. The maximum absolute atomic E-state index is 12.4. The van der Waals surface area contributed by atoms with Gasteiger partial charge in [0.1, 0.15) is 13.1 Å². The number of halogens is 6. The van der Waals surface area contributed by atoms with E-state index in [0.717, 1.165) is 0 Å². The number of aromatic nitrogens is 1. The lowest BCUT2D eigenvalue weighted by molar-refractivity contribution is -0.139. The summed E-state index contributed by atoms with van der Waals surface area (Å²) >= 11 is 0. The molecule has 0 saturated carbocycles. The second-order valence-electron chi connectivity index (χ2n) is 3.77. The van der Waals surface area contributed by atoms with Crippen LogP contribution in [0, 0.1) is 0 Å². The van der Waals surface area contributed by atoms with Gasteiger partial charge in [0.2, 0.25) is 5.91 Å². The van der Waals surface area contributed by atoms with Crippen LogP contribution in [0.2, 0.25) is 0 Å². The van der Waals surface area contributed by atoms with Gasteiger partial charge in [-0.2, -0.15) is 26.3 Å². The van der Waals surface area contributed by atoms with E-state index < -0.39 is 42.5 Å². The normalized spacial score (nSPS) is 12.3. The van der Waals surface area contributed by atoms with E-state index in [4.69, 9.17) is 0 Å². The molecule has 1 heterocycles. The Morgan fingerprint density at radius 1 is 1.15 bits per heavy atom. The molecule has 0 fully saturated rings. The van der Waals surface area contributed by atoms with E-state index >= 15 is 0 Å². The molecule has 4 nitrogen and oxygen atoms in total. The molecule has 0 aliphatic carbocycles. The Kier molecular flexibility index (Phi) is 4.46. The van der Waals surface area contributed by atoms with Gasteiger partial charge in [0, 0.05) is 12.3 Å². The third kappa shape index (κ3) is 4.94. The summed E-state index contributed by atoms with van der Waals surface area (Å²) in [6.07, 6.45) is -9.00. The van der Waals surface area contributed by atoms with E-state index in [1.54, 1.807) is 0 Å². The van der Waals surface area contributed by atoms with Gasteiger partial charge in [-0.1, -0.05) is 0 Å². The quantitative estimate of drug-likeness (QED) is 0.861. The van der Waals surface area contributed by atoms with Crippen molar-refractivity contribution in [1.29, 1.82) is 0 Å². The number of nitrogens with zero attached hydrogens (tertiary/aromatic N) is 1. The number of alkyl halides is 6. The maximum Gasteiger partial charge on any atom is 0.417 e. The Balaban J connectivity index is 2.82. The predicted molar refractivity (Wildman–Crippen MR) is 54.8 cm³/mol. The van der Waals surface area contributed by atoms with Gasteiger partial charge in [0.15, 0.2) is 0 Å². The Hall–Kier alpha value is -2.00. The molecule has 1 amide bonds. The second kappa shape index (κ2) is 5.55. The smallest absolute Gasteiger partial charge is 0.345 e. The highest BCUT2D eigenvalue weighted by Crippen LogP contribution is 2.27. The molecule has 112 valence electrons. The van der Waals surface area contributed by atoms with Gasteiger partial charge in [-0.25, -0.2) is 0 Å². The summed E-state index contributed by atoms with van der Waals surface area (Å²) in [4.78, 5) is 22.3. The van der Waals surface area contributed by atoms with Gasteiger partial charge < -0.3 is 9.88 Å². The molecule has 0 saturated heterocycles. The first-order valence-corrected chi connectivity index (χ1v) is 5.10. The van der Waals surface area contributed by atoms with Gasteiger partial charge in [0.25, 0.3) is 5.56 Å². The molecular formula is C10H8F6N2O2. The third-order valence-corrected chi connectivity index (χ3v) is 2.11. The Labute approximate surface area is 108 Å². The molecule has 0 atom stereocenters. The maximum atomic E-state index is 12.4. The van der Waals surface area contributed by atoms with Crippen LogP contribution < -0.4 is 10.9 Å². The Morgan fingerprint density at radius 3 is 2.25 bits per heavy atom. The standard InChI is InChI=1S/C10H8F6N2O2/c11-9(12,13)5-17-7(19)4-18-3-6(10(14,15)16)1-2-8(18)20/h1-3H,4-5H2,(H,17,19). The molecular weight excluding hydrogens is 294 g/mol. The molecule has 1 N–H and O–H groups in total. The van der Waals surface area contributed by atoms with Crippen LogP contribution in [-0.4, -0.2) is 23.2 Å². The highest BCUT2D eigenvalue weighted by atomic mass is 19.4. The lowest BCUT2D eigenvalue weighted by atomic mass is 10.3. The molecule has 1 rings (SSSR count). The zero-order valence-corrected chi connectivity index (χ0v) is 9.68. The van der Waals surface area contributed by atoms with E-state index in [1.807, 2.05) is 0 Å². The minimum Gasteiger partial charge on any atom is -0.345 e. The topological polar surface area (TPSA) is 51.1 Å². The van der Waals surface area contributed by atoms with Crippen LogP contribution in [0.25, 0.3) is 0 Å². The summed E-state index contributed by atoms with van der Waals surface area (Å²) in [5.74, 6) is -1.22. The van der Waals surface area contributed by atoms with Crippen molar-refractivity contribution >= 4 is 5.91 Å². The zero-order chi connectivity index (χ0) is 15.6. The molecule has 10 heteroatoms. The van der Waals surface area contributed by atoms with Crippen molar-refractivity contribution in [3.63, 3.8) is 0 Å². The van der Waals surface area contributed by atoms with Crippen molar-refractivity contribution in [2.45, 2.75) is 18.9 Å². The fourth-order valence-corrected chi connectivity index (χ4v) is 1.23. The average Bonchev–Trinajstić information content (AvgIpc) is 2.27. The van der Waals surface area contributed by atoms with Crippen LogP contribution in [-0.2, 0) is 17.5 Å². The molecule has 20 heavy (non-hydrogen) atoms. The van der Waals surface area contributed by atoms with Crippen LogP contribution in [0.5, 0.6) is 0 Å². The minimum absolute atomic E-state index is 0.371. The highest BCUT2D eigenvalue weighted by Gasteiger charge is 2.31. The number of carbonyl (C=O) groups excluding carboxylic acids is 1. The van der Waals surface area contributed by atoms with Gasteiger partial charge in [0.05, 0.1) is 5.56 Å². The molecule has 1 aromatic rings. The van der Waals surface area contributed by atoms with Crippen LogP contribution in [0.1, 0.15) is 5.56 Å². The molecule has 0 bridgehead atoms. The first kappa shape index (κ1) is 16.1. The van der Waals surface area contributed by atoms with Gasteiger partial charge in [-0.05, 0) is 6.07 Å². The number of rotatable bonds is 3. The number of hydrogen-bond acceptors (Lipinski definition) is 2. The lowest BCUT2D eigenvalue weighted by Gasteiger charge is -2.11. The Bertz CT molecular complexity index is 546. The predicted octanol–water partition coefficient (Wildman–Crippen LogP) is 1.55. The van der Waals surface area contributed by atoms with Crippen molar-refractivity contribution < 1.29 is 31.1 Å². The van der Waals surface area contributed by atoms with E-state index in [0.29, 0.717) is 22.9 Å². The lowest BCUT2D eigenvalue weighted by Crippen LogP contribution is -2.37. The number of nitrogens with one attached hydrogen (secondary N) is 1. The summed E-state index contributed by atoms with van der Waals surface area (Å²) in [5, 5.41) is 1.45. The SMILES string of the molecule is O=C(Cn1cc(C(F)(F)F)ccc1=O)NCC(F)(F)F. The molecule has 0 aliphatic rings. The van der Waals surface area contributed by atoms with Crippen molar-refractivity contribution in [2.75, 3.05) is 6.54 Å². The number of amides is 1. The third-order valence-electron chi connectivity index (χ3n) is 2.11. The van der Waals surface area contributed by atoms with Crippen molar-refractivity contribution in [3.05, 3.63) is 34.2 Å². The number of pyridine rings is 1. The van der Waals surface area contributed by atoms with E-state index in [2.05, 4.69) is 0 Å². The van der Waals surface area contributed by atoms with E-state index in [-0.39, 0.29) is 0 Å². The fraction of sp³-hybridized carbons (Fsp3) is 0.400. The van der Waals surface area contributed by atoms with Crippen LogP contribution in [0.4, 0.5) is 26.3 Å². The van der Waals surface area contributed by atoms with Gasteiger partial charge in [-0.15, -0.1) is 0 Å². The number of carbonyl (C=O) groups is 1. The molecule has 0 aromatic carbocycles. The summed E-state index contributed by atoms with van der Waals surface area (Å²) in [6, 6.07) is 1.10. The minimum atomic E-state index is -4.72. The van der Waals surface area contributed by atoms with Crippen molar-refractivity contribution in [1.82, 2.24) is 9.88 Å². The van der Waals surface area contributed by atoms with Crippen LogP contribution in [0.15, 0.2) is 23.1 Å². The van der Waals surface area contributed by atoms with Crippen LogP contribution in [0.3, 0.4) is 0 Å². The highest BCUT2D eigenvalue weighted by molar-refractivity contribution is 5.75. The van der Waals surface area contributed by atoms with Gasteiger partial charge >= 0.3 is 12.4 Å². The first-order chi connectivity index (χ1) is 8.99. The van der Waals surface area contributed by atoms with E-state index in [9.17, 15) is 35.9 Å². The van der Waals surface area contributed by atoms with Crippen LogP contribution >= 0.6 is 0 Å². The summed E-state index contributed by atoms with van der Waals surface area (Å²) < 4.78 is 73.0. The summed E-state index contributed by atoms with van der Waals surface area (Å²) in [5.41, 5.74) is -2.11. The Morgan fingerprint density at radius 2 is 1.75 bits per heavy atom. The monoisotopic (exact) mass is 302 g/mol. The molecule has 0 spiro atoms. The first-order valence-electron chi connectivity index (χ1n) is 5.10. The van der Waals surface area contributed by atoms with E-state index in [1.165, 1.54) is 5.32 Å². The number of hydrogen-bond donors (Lipinski definition) is 1. The largest absolute Gasteiger partial charge is 0.417 e. The average molecular weight is 302 g/mol. The van der Waals surface area contributed by atoms with Crippen molar-refractivity contribution in [2.24, 2.45) is 0 Å². The van der Waals surface area contributed by atoms with Gasteiger partial charge in [-0.3, -0.25) is 9.59 Å². The fourth-order valence-electron chi connectivity index (χ4n) is 1.23.